The minimum Gasteiger partial charge on any atom is -0.465 e. The number of rotatable bonds is 8. The van der Waals surface area contributed by atoms with Crippen LogP contribution >= 0.6 is 0 Å². The number of hydrogen-bond acceptors (Lipinski definition) is 4. The van der Waals surface area contributed by atoms with E-state index in [-0.39, 0.29) is 24.1 Å². The lowest BCUT2D eigenvalue weighted by Gasteiger charge is -2.27. The summed E-state index contributed by atoms with van der Waals surface area (Å²) < 4.78 is 35.0. The molecule has 1 rings (SSSR count). The topological polar surface area (TPSA) is 52.6 Å². The lowest BCUT2D eigenvalue weighted by molar-refractivity contribution is -0.161. The number of ether oxygens (including phenoxy) is 2. The molecule has 1 aliphatic rings. The van der Waals surface area contributed by atoms with Gasteiger partial charge in [0.05, 0.1) is 17.4 Å². The largest absolute Gasteiger partial charge is 0.465 e. The highest BCUT2D eigenvalue weighted by Gasteiger charge is 2.30. The first-order valence-corrected chi connectivity index (χ1v) is 10.5. The summed E-state index contributed by atoms with van der Waals surface area (Å²) in [5, 5.41) is 0. The van der Waals surface area contributed by atoms with Crippen LogP contribution in [0, 0.1) is 10.8 Å². The molecule has 0 spiro atoms. The van der Waals surface area contributed by atoms with Gasteiger partial charge in [0, 0.05) is 6.42 Å². The number of halogens is 2. The number of hydrogen-bond donors (Lipinski definition) is 0. The van der Waals surface area contributed by atoms with Crippen molar-refractivity contribution in [2.75, 3.05) is 6.61 Å². The van der Waals surface area contributed by atoms with E-state index in [1.54, 1.807) is 13.8 Å². The third-order valence-corrected chi connectivity index (χ3v) is 5.47. The van der Waals surface area contributed by atoms with Crippen LogP contribution in [-0.4, -0.2) is 30.6 Å². The van der Waals surface area contributed by atoms with Crippen LogP contribution < -0.4 is 0 Å². The van der Waals surface area contributed by atoms with Gasteiger partial charge in [0.2, 0.25) is 5.92 Å². The molecule has 0 aromatic heterocycles. The maximum absolute atomic E-state index is 12.4. The van der Waals surface area contributed by atoms with Crippen molar-refractivity contribution in [1.82, 2.24) is 0 Å². The molecule has 0 saturated heterocycles. The molecule has 0 N–H and O–H groups in total. The lowest BCUT2D eigenvalue weighted by Crippen LogP contribution is -2.31. The molecular formula is C22H40F2O4. The third-order valence-electron chi connectivity index (χ3n) is 5.47. The first-order chi connectivity index (χ1) is 12.7. The second-order valence-corrected chi connectivity index (χ2v) is 9.10. The highest BCUT2D eigenvalue weighted by molar-refractivity contribution is 5.76. The Kier molecular flexibility index (Phi) is 11.2. The fraction of sp³-hybridized carbons (Fsp3) is 0.909. The second kappa shape index (κ2) is 11.7. The normalized spacial score (nSPS) is 16.0. The van der Waals surface area contributed by atoms with Crippen LogP contribution in [0.25, 0.3) is 0 Å². The van der Waals surface area contributed by atoms with Crippen molar-refractivity contribution in [3.05, 3.63) is 0 Å². The van der Waals surface area contributed by atoms with Crippen molar-refractivity contribution in [3.8, 4) is 0 Å². The molecule has 1 fully saturated rings. The van der Waals surface area contributed by atoms with Crippen molar-refractivity contribution >= 4 is 11.9 Å². The number of carbonyl (C=O) groups excluding carboxylic acids is 2. The number of alkyl halides is 2. The SMILES string of the molecule is CCC(C)(C)C(=O)OC1CCCCC1.CCC(C)(C)C(=O)OCCC(C)(F)F. The van der Waals surface area contributed by atoms with E-state index in [0.29, 0.717) is 6.42 Å². The van der Waals surface area contributed by atoms with Crippen LogP contribution in [0.15, 0.2) is 0 Å². The predicted octanol–water partition coefficient (Wildman–Crippen LogP) is 6.31. The molecule has 0 aromatic carbocycles. The minimum absolute atomic E-state index is 0.0214. The Hall–Kier alpha value is -1.20. The minimum atomic E-state index is -2.77. The molecule has 4 nitrogen and oxygen atoms in total. The van der Waals surface area contributed by atoms with Crippen LogP contribution in [0.1, 0.15) is 99.8 Å². The quantitative estimate of drug-likeness (QED) is 0.443. The van der Waals surface area contributed by atoms with Gasteiger partial charge in [-0.3, -0.25) is 9.59 Å². The summed E-state index contributed by atoms with van der Waals surface area (Å²) in [6.07, 6.45) is 7.10. The van der Waals surface area contributed by atoms with Gasteiger partial charge in [-0.15, -0.1) is 0 Å². The van der Waals surface area contributed by atoms with E-state index in [0.717, 1.165) is 26.2 Å². The van der Waals surface area contributed by atoms with E-state index in [9.17, 15) is 18.4 Å². The lowest BCUT2D eigenvalue weighted by atomic mass is 9.90. The summed E-state index contributed by atoms with van der Waals surface area (Å²) in [4.78, 5) is 23.1. The Labute approximate surface area is 169 Å². The van der Waals surface area contributed by atoms with Crippen molar-refractivity contribution in [1.29, 1.82) is 0 Å². The Morgan fingerprint density at radius 3 is 1.75 bits per heavy atom. The van der Waals surface area contributed by atoms with E-state index in [1.807, 2.05) is 27.7 Å². The van der Waals surface area contributed by atoms with Crippen LogP contribution in [-0.2, 0) is 19.1 Å². The Morgan fingerprint density at radius 1 is 0.857 bits per heavy atom. The van der Waals surface area contributed by atoms with Gasteiger partial charge in [0.15, 0.2) is 0 Å². The summed E-state index contributed by atoms with van der Waals surface area (Å²) >= 11 is 0. The summed E-state index contributed by atoms with van der Waals surface area (Å²) in [5.74, 6) is -3.20. The highest BCUT2D eigenvalue weighted by atomic mass is 19.3. The Bertz CT molecular complexity index is 475. The van der Waals surface area contributed by atoms with Gasteiger partial charge in [-0.2, -0.15) is 0 Å². The average Bonchev–Trinajstić information content (AvgIpc) is 2.61. The molecule has 1 aliphatic carbocycles. The fourth-order valence-electron chi connectivity index (χ4n) is 2.30. The molecule has 0 aromatic rings. The van der Waals surface area contributed by atoms with Gasteiger partial charge in [0.1, 0.15) is 6.10 Å². The summed E-state index contributed by atoms with van der Waals surface area (Å²) in [5.41, 5.74) is -0.888. The van der Waals surface area contributed by atoms with E-state index >= 15 is 0 Å². The van der Waals surface area contributed by atoms with Gasteiger partial charge < -0.3 is 9.47 Å². The van der Waals surface area contributed by atoms with Crippen molar-refractivity contribution in [3.63, 3.8) is 0 Å². The molecule has 166 valence electrons. The summed E-state index contributed by atoms with van der Waals surface area (Å²) in [6, 6.07) is 0. The zero-order valence-corrected chi connectivity index (χ0v) is 18.8. The van der Waals surface area contributed by atoms with Crippen molar-refractivity contribution in [2.45, 2.75) is 112 Å². The summed E-state index contributed by atoms with van der Waals surface area (Å²) in [7, 11) is 0. The van der Waals surface area contributed by atoms with Gasteiger partial charge in [-0.05, 0) is 73.1 Å². The van der Waals surface area contributed by atoms with Crippen molar-refractivity contribution in [2.24, 2.45) is 10.8 Å². The fourth-order valence-corrected chi connectivity index (χ4v) is 2.30. The zero-order valence-electron chi connectivity index (χ0n) is 18.8. The second-order valence-electron chi connectivity index (χ2n) is 9.10. The molecular weight excluding hydrogens is 366 g/mol. The highest BCUT2D eigenvalue weighted by Crippen LogP contribution is 2.26. The molecule has 0 heterocycles. The average molecular weight is 407 g/mol. The summed E-state index contributed by atoms with van der Waals surface area (Å²) in [6.45, 7) is 11.9. The van der Waals surface area contributed by atoms with E-state index < -0.39 is 23.7 Å². The van der Waals surface area contributed by atoms with E-state index in [4.69, 9.17) is 9.47 Å². The van der Waals surface area contributed by atoms with Crippen LogP contribution in [0.3, 0.4) is 0 Å². The maximum Gasteiger partial charge on any atom is 0.311 e. The number of esters is 2. The molecule has 0 atom stereocenters. The molecule has 0 amide bonds. The Balaban J connectivity index is 0.000000521. The van der Waals surface area contributed by atoms with Gasteiger partial charge >= 0.3 is 11.9 Å². The van der Waals surface area contributed by atoms with Crippen LogP contribution in [0.2, 0.25) is 0 Å². The molecule has 1 saturated carbocycles. The molecule has 0 aliphatic heterocycles. The standard InChI is InChI=1S/C12H22O2.C10H18F2O2/c1-4-12(2,3)11(13)14-10-8-6-5-7-9-10;1-5-9(2,3)8(13)14-7-6-10(4,11)12/h10H,4-9H2,1-3H3;5-7H2,1-4H3. The molecule has 0 unspecified atom stereocenters. The number of carbonyl (C=O) groups is 2. The van der Waals surface area contributed by atoms with E-state index in [2.05, 4.69) is 0 Å². The first kappa shape index (κ1) is 26.8. The maximum atomic E-state index is 12.4. The Morgan fingerprint density at radius 2 is 1.32 bits per heavy atom. The molecule has 0 bridgehead atoms. The molecule has 6 heteroatoms. The first-order valence-electron chi connectivity index (χ1n) is 10.5. The zero-order chi connectivity index (χ0) is 22.0. The smallest absolute Gasteiger partial charge is 0.311 e. The van der Waals surface area contributed by atoms with E-state index in [1.165, 1.54) is 19.3 Å². The molecule has 0 radical (unpaired) electrons. The van der Waals surface area contributed by atoms with Crippen LogP contribution in [0.4, 0.5) is 8.78 Å². The van der Waals surface area contributed by atoms with Gasteiger partial charge in [0.25, 0.3) is 0 Å². The van der Waals surface area contributed by atoms with Gasteiger partial charge in [-0.1, -0.05) is 20.3 Å². The monoisotopic (exact) mass is 406 g/mol. The predicted molar refractivity (Wildman–Crippen MR) is 107 cm³/mol. The molecule has 28 heavy (non-hydrogen) atoms. The van der Waals surface area contributed by atoms with Crippen LogP contribution in [0.5, 0.6) is 0 Å². The van der Waals surface area contributed by atoms with Crippen molar-refractivity contribution < 1.29 is 27.8 Å². The third kappa shape index (κ3) is 11.0. The van der Waals surface area contributed by atoms with Gasteiger partial charge in [-0.25, -0.2) is 8.78 Å².